The van der Waals surface area contributed by atoms with Gasteiger partial charge in [-0.2, -0.15) is 0 Å². The van der Waals surface area contributed by atoms with Crippen LogP contribution in [-0.4, -0.2) is 5.11 Å². The van der Waals surface area contributed by atoms with Gasteiger partial charge in [0.15, 0.2) is 0 Å². The lowest BCUT2D eigenvalue weighted by Gasteiger charge is -2.16. The second-order valence-electron chi connectivity index (χ2n) is 4.74. The first kappa shape index (κ1) is 14.2. The summed E-state index contributed by atoms with van der Waals surface area (Å²) in [4.78, 5) is 0. The van der Waals surface area contributed by atoms with Gasteiger partial charge in [-0.3, -0.25) is 0 Å². The molecule has 19 heavy (non-hydrogen) atoms. The third kappa shape index (κ3) is 3.23. The van der Waals surface area contributed by atoms with Crippen LogP contribution >= 0.6 is 15.9 Å². The molecule has 1 atom stereocenters. The monoisotopic (exact) mass is 322 g/mol. The quantitative estimate of drug-likeness (QED) is 0.883. The third-order valence-corrected chi connectivity index (χ3v) is 3.93. The van der Waals surface area contributed by atoms with E-state index >= 15 is 0 Å². The maximum absolute atomic E-state index is 13.8. The Morgan fingerprint density at radius 1 is 1.21 bits per heavy atom. The minimum absolute atomic E-state index is 0.281. The normalized spacial score (nSPS) is 12.5. The van der Waals surface area contributed by atoms with Crippen LogP contribution in [0, 0.1) is 19.7 Å². The molecule has 0 spiro atoms. The number of hydrogen-bond donors (Lipinski definition) is 1. The SMILES string of the molecule is Cc1cccc(C(O)Cc2ccc(Br)cc2F)c1C. The van der Waals surface area contributed by atoms with Gasteiger partial charge in [0, 0.05) is 10.9 Å². The topological polar surface area (TPSA) is 20.2 Å². The minimum atomic E-state index is -0.685. The highest BCUT2D eigenvalue weighted by Gasteiger charge is 2.14. The zero-order chi connectivity index (χ0) is 14.0. The average molecular weight is 323 g/mol. The fourth-order valence-electron chi connectivity index (χ4n) is 2.14. The predicted molar refractivity (Wildman–Crippen MR) is 78.7 cm³/mol. The van der Waals surface area contributed by atoms with Gasteiger partial charge in [-0.05, 0) is 48.2 Å². The lowest BCUT2D eigenvalue weighted by atomic mass is 9.95. The van der Waals surface area contributed by atoms with Crippen molar-refractivity contribution in [2.24, 2.45) is 0 Å². The Kier molecular flexibility index (Phi) is 4.38. The maximum atomic E-state index is 13.8. The Morgan fingerprint density at radius 3 is 2.63 bits per heavy atom. The predicted octanol–water partition coefficient (Wildman–Crippen LogP) is 4.48. The number of hydrogen-bond acceptors (Lipinski definition) is 1. The molecule has 2 rings (SSSR count). The van der Waals surface area contributed by atoms with Gasteiger partial charge in [0.25, 0.3) is 0 Å². The molecule has 0 radical (unpaired) electrons. The van der Waals surface area contributed by atoms with Crippen LogP contribution in [0.4, 0.5) is 4.39 Å². The number of aryl methyl sites for hydroxylation is 1. The largest absolute Gasteiger partial charge is 0.388 e. The molecular weight excluding hydrogens is 307 g/mol. The summed E-state index contributed by atoms with van der Waals surface area (Å²) in [6, 6.07) is 10.7. The zero-order valence-electron chi connectivity index (χ0n) is 11.0. The molecule has 100 valence electrons. The van der Waals surface area contributed by atoms with E-state index in [0.29, 0.717) is 10.0 Å². The second kappa shape index (κ2) is 5.85. The fraction of sp³-hybridized carbons (Fsp3) is 0.250. The van der Waals surface area contributed by atoms with E-state index in [1.54, 1.807) is 12.1 Å². The van der Waals surface area contributed by atoms with Gasteiger partial charge in [0.05, 0.1) is 6.10 Å². The van der Waals surface area contributed by atoms with Gasteiger partial charge in [0.2, 0.25) is 0 Å². The van der Waals surface area contributed by atoms with Gasteiger partial charge in [-0.1, -0.05) is 40.2 Å². The number of aliphatic hydroxyl groups excluding tert-OH is 1. The van der Waals surface area contributed by atoms with E-state index in [0.717, 1.165) is 16.7 Å². The van der Waals surface area contributed by atoms with Crippen molar-refractivity contribution < 1.29 is 9.50 Å². The van der Waals surface area contributed by atoms with Gasteiger partial charge in [0.1, 0.15) is 5.82 Å². The highest BCUT2D eigenvalue weighted by atomic mass is 79.9. The molecular formula is C16H16BrFO. The molecule has 0 aliphatic carbocycles. The Labute approximate surface area is 121 Å². The van der Waals surface area contributed by atoms with E-state index in [2.05, 4.69) is 15.9 Å². The van der Waals surface area contributed by atoms with Crippen LogP contribution in [0.5, 0.6) is 0 Å². The number of rotatable bonds is 3. The van der Waals surface area contributed by atoms with E-state index < -0.39 is 6.10 Å². The van der Waals surface area contributed by atoms with Crippen molar-refractivity contribution >= 4 is 15.9 Å². The molecule has 1 N–H and O–H groups in total. The average Bonchev–Trinajstić information content (AvgIpc) is 2.36. The molecule has 3 heteroatoms. The molecule has 0 heterocycles. The van der Waals surface area contributed by atoms with Gasteiger partial charge >= 0.3 is 0 Å². The van der Waals surface area contributed by atoms with Gasteiger partial charge in [-0.15, -0.1) is 0 Å². The lowest BCUT2D eigenvalue weighted by molar-refractivity contribution is 0.176. The van der Waals surface area contributed by atoms with Crippen molar-refractivity contribution in [2.45, 2.75) is 26.4 Å². The summed E-state index contributed by atoms with van der Waals surface area (Å²) in [7, 11) is 0. The Bertz CT molecular complexity index is 595. The summed E-state index contributed by atoms with van der Waals surface area (Å²) < 4.78 is 14.5. The smallest absolute Gasteiger partial charge is 0.127 e. The van der Waals surface area contributed by atoms with Crippen molar-refractivity contribution in [1.29, 1.82) is 0 Å². The second-order valence-corrected chi connectivity index (χ2v) is 5.66. The van der Waals surface area contributed by atoms with Crippen molar-refractivity contribution in [2.75, 3.05) is 0 Å². The molecule has 0 saturated heterocycles. The van der Waals surface area contributed by atoms with E-state index in [9.17, 15) is 9.50 Å². The zero-order valence-corrected chi connectivity index (χ0v) is 12.5. The summed E-state index contributed by atoms with van der Waals surface area (Å²) in [5.74, 6) is -0.293. The standard InChI is InChI=1S/C16H16BrFO/c1-10-4-3-5-14(11(10)2)16(19)8-12-6-7-13(17)9-15(12)18/h3-7,9,16,19H,8H2,1-2H3. The highest BCUT2D eigenvalue weighted by Crippen LogP contribution is 2.25. The summed E-state index contributed by atoms with van der Waals surface area (Å²) in [6.45, 7) is 3.98. The first-order valence-corrected chi connectivity index (χ1v) is 6.96. The minimum Gasteiger partial charge on any atom is -0.388 e. The summed E-state index contributed by atoms with van der Waals surface area (Å²) >= 11 is 3.23. The van der Waals surface area contributed by atoms with Crippen LogP contribution in [0.15, 0.2) is 40.9 Å². The molecule has 0 fully saturated rings. The maximum Gasteiger partial charge on any atom is 0.127 e. The molecule has 0 saturated carbocycles. The van der Waals surface area contributed by atoms with Crippen molar-refractivity contribution in [3.63, 3.8) is 0 Å². The van der Waals surface area contributed by atoms with Gasteiger partial charge < -0.3 is 5.11 Å². The van der Waals surface area contributed by atoms with Crippen LogP contribution in [0.3, 0.4) is 0 Å². The van der Waals surface area contributed by atoms with E-state index in [1.807, 2.05) is 32.0 Å². The first-order valence-electron chi connectivity index (χ1n) is 6.17. The summed E-state index contributed by atoms with van der Waals surface area (Å²) in [5, 5.41) is 10.3. The molecule has 0 aliphatic heterocycles. The molecule has 2 aromatic rings. The summed E-state index contributed by atoms with van der Waals surface area (Å²) in [6.07, 6.45) is -0.403. The molecule has 2 aromatic carbocycles. The van der Waals surface area contributed by atoms with E-state index in [1.165, 1.54) is 6.07 Å². The number of halogens is 2. The van der Waals surface area contributed by atoms with Crippen molar-refractivity contribution in [3.8, 4) is 0 Å². The molecule has 0 aliphatic rings. The molecule has 0 amide bonds. The Balaban J connectivity index is 2.25. The third-order valence-electron chi connectivity index (χ3n) is 3.43. The van der Waals surface area contributed by atoms with E-state index in [4.69, 9.17) is 0 Å². The molecule has 1 unspecified atom stereocenters. The van der Waals surface area contributed by atoms with Crippen LogP contribution in [0.2, 0.25) is 0 Å². The van der Waals surface area contributed by atoms with Crippen LogP contribution in [0.1, 0.15) is 28.4 Å². The van der Waals surface area contributed by atoms with Crippen LogP contribution in [-0.2, 0) is 6.42 Å². The van der Waals surface area contributed by atoms with Gasteiger partial charge in [-0.25, -0.2) is 4.39 Å². The first-order chi connectivity index (χ1) is 8.99. The molecule has 0 aromatic heterocycles. The van der Waals surface area contributed by atoms with Crippen molar-refractivity contribution in [1.82, 2.24) is 0 Å². The fourth-order valence-corrected chi connectivity index (χ4v) is 2.47. The highest BCUT2D eigenvalue weighted by molar-refractivity contribution is 9.10. The Hall–Kier alpha value is -1.19. The van der Waals surface area contributed by atoms with Crippen LogP contribution in [0.25, 0.3) is 0 Å². The number of aliphatic hydroxyl groups is 1. The molecule has 0 bridgehead atoms. The lowest BCUT2D eigenvalue weighted by Crippen LogP contribution is -2.06. The Morgan fingerprint density at radius 2 is 1.95 bits per heavy atom. The van der Waals surface area contributed by atoms with Crippen LogP contribution < -0.4 is 0 Å². The molecule has 1 nitrogen and oxygen atoms in total. The van der Waals surface area contributed by atoms with E-state index in [-0.39, 0.29) is 12.2 Å². The van der Waals surface area contributed by atoms with Crippen molar-refractivity contribution in [3.05, 3.63) is 68.9 Å². The summed E-state index contributed by atoms with van der Waals surface area (Å²) in [5.41, 5.74) is 3.58. The number of benzene rings is 2.